The Morgan fingerprint density at radius 2 is 1.94 bits per heavy atom. The molecule has 0 bridgehead atoms. The van der Waals surface area contributed by atoms with E-state index in [9.17, 15) is 4.39 Å². The Bertz CT molecular complexity index is 505. The van der Waals surface area contributed by atoms with Crippen molar-refractivity contribution in [2.75, 3.05) is 19.0 Å². The molecule has 2 aromatic rings. The van der Waals surface area contributed by atoms with E-state index in [4.69, 9.17) is 0 Å². The van der Waals surface area contributed by atoms with Crippen molar-refractivity contribution in [1.29, 1.82) is 0 Å². The Labute approximate surface area is 98.4 Å². The maximum atomic E-state index is 13.6. The monoisotopic (exact) mass is 236 g/mol. The zero-order chi connectivity index (χ0) is 11.7. The summed E-state index contributed by atoms with van der Waals surface area (Å²) in [6.07, 6.45) is 0. The number of anilines is 1. The summed E-state index contributed by atoms with van der Waals surface area (Å²) in [5.41, 5.74) is 1.50. The number of nitrogens with zero attached hydrogens (tertiary/aromatic N) is 2. The molecular weight excluding hydrogens is 223 g/mol. The van der Waals surface area contributed by atoms with Crippen LogP contribution in [0, 0.1) is 12.7 Å². The topological polar surface area (TPSA) is 16.1 Å². The molecule has 0 fully saturated rings. The molecule has 2 rings (SSSR count). The summed E-state index contributed by atoms with van der Waals surface area (Å²) < 4.78 is 13.6. The number of thiazole rings is 1. The van der Waals surface area contributed by atoms with Gasteiger partial charge in [-0.05, 0) is 13.0 Å². The van der Waals surface area contributed by atoms with Crippen LogP contribution in [0.5, 0.6) is 0 Å². The highest BCUT2D eigenvalue weighted by molar-refractivity contribution is 7.19. The van der Waals surface area contributed by atoms with Crippen molar-refractivity contribution in [3.63, 3.8) is 0 Å². The second-order valence-electron chi connectivity index (χ2n) is 3.79. The quantitative estimate of drug-likeness (QED) is 0.795. The van der Waals surface area contributed by atoms with E-state index >= 15 is 0 Å². The largest absolute Gasteiger partial charge is 0.354 e. The maximum absolute atomic E-state index is 13.6. The maximum Gasteiger partial charge on any atom is 0.185 e. The van der Waals surface area contributed by atoms with Gasteiger partial charge in [0.2, 0.25) is 0 Å². The highest BCUT2D eigenvalue weighted by atomic mass is 32.1. The summed E-state index contributed by atoms with van der Waals surface area (Å²) in [7, 11) is 3.87. The lowest BCUT2D eigenvalue weighted by Gasteiger charge is -2.05. The Morgan fingerprint density at radius 1 is 1.25 bits per heavy atom. The fraction of sp³-hybridized carbons (Fsp3) is 0.250. The number of benzene rings is 1. The van der Waals surface area contributed by atoms with Crippen molar-refractivity contribution in [1.82, 2.24) is 4.98 Å². The van der Waals surface area contributed by atoms with Crippen LogP contribution in [-0.2, 0) is 0 Å². The van der Waals surface area contributed by atoms with Crippen LogP contribution in [0.4, 0.5) is 9.52 Å². The van der Waals surface area contributed by atoms with Crippen LogP contribution >= 0.6 is 11.3 Å². The van der Waals surface area contributed by atoms with Crippen molar-refractivity contribution in [3.8, 4) is 10.4 Å². The van der Waals surface area contributed by atoms with E-state index in [1.807, 2.05) is 32.0 Å². The Morgan fingerprint density at radius 3 is 2.50 bits per heavy atom. The van der Waals surface area contributed by atoms with Crippen LogP contribution in [0.2, 0.25) is 0 Å². The Balaban J connectivity index is 2.52. The molecule has 0 atom stereocenters. The number of aromatic nitrogens is 1. The second kappa shape index (κ2) is 4.22. The van der Waals surface area contributed by atoms with Crippen molar-refractivity contribution < 1.29 is 4.39 Å². The summed E-state index contributed by atoms with van der Waals surface area (Å²) in [4.78, 5) is 7.24. The molecule has 0 radical (unpaired) electrons. The van der Waals surface area contributed by atoms with Crippen LogP contribution in [0.15, 0.2) is 24.3 Å². The molecule has 0 saturated heterocycles. The van der Waals surface area contributed by atoms with Crippen LogP contribution in [0.3, 0.4) is 0 Å². The second-order valence-corrected chi connectivity index (χ2v) is 4.76. The van der Waals surface area contributed by atoms with Crippen molar-refractivity contribution in [2.24, 2.45) is 0 Å². The van der Waals surface area contributed by atoms with Crippen molar-refractivity contribution >= 4 is 16.5 Å². The number of halogens is 1. The van der Waals surface area contributed by atoms with E-state index < -0.39 is 0 Å². The molecular formula is C12H13FN2S. The molecule has 2 nitrogen and oxygen atoms in total. The first kappa shape index (κ1) is 11.1. The average Bonchev–Trinajstić information content (AvgIpc) is 2.61. The molecule has 0 saturated carbocycles. The molecule has 4 heteroatoms. The molecule has 0 N–H and O–H groups in total. The standard InChI is InChI=1S/C12H13FN2S/c1-8-11(16-12(14-8)15(2)3)9-6-4-5-7-10(9)13/h4-7H,1-3H3. The highest BCUT2D eigenvalue weighted by Crippen LogP contribution is 2.34. The third-order valence-electron chi connectivity index (χ3n) is 2.29. The molecule has 1 heterocycles. The molecule has 0 aliphatic heterocycles. The van der Waals surface area contributed by atoms with Crippen LogP contribution in [0.25, 0.3) is 10.4 Å². The Hall–Kier alpha value is -1.42. The van der Waals surface area contributed by atoms with E-state index in [1.54, 1.807) is 12.1 Å². The fourth-order valence-corrected chi connectivity index (χ4v) is 2.49. The van der Waals surface area contributed by atoms with Crippen molar-refractivity contribution in [3.05, 3.63) is 35.8 Å². The van der Waals surface area contributed by atoms with E-state index in [0.29, 0.717) is 5.56 Å². The fourth-order valence-electron chi connectivity index (χ4n) is 1.47. The van der Waals surface area contributed by atoms with Gasteiger partial charge in [-0.2, -0.15) is 0 Å². The summed E-state index contributed by atoms with van der Waals surface area (Å²) >= 11 is 1.51. The van der Waals surface area contributed by atoms with E-state index in [0.717, 1.165) is 15.7 Å². The van der Waals surface area contributed by atoms with Crippen molar-refractivity contribution in [2.45, 2.75) is 6.92 Å². The minimum Gasteiger partial charge on any atom is -0.354 e. The predicted octanol–water partition coefficient (Wildman–Crippen LogP) is 3.32. The average molecular weight is 236 g/mol. The third kappa shape index (κ3) is 1.93. The number of aryl methyl sites for hydroxylation is 1. The lowest BCUT2D eigenvalue weighted by molar-refractivity contribution is 0.631. The van der Waals surface area contributed by atoms with Gasteiger partial charge in [-0.25, -0.2) is 9.37 Å². The van der Waals surface area contributed by atoms with Gasteiger partial charge in [-0.15, -0.1) is 0 Å². The van der Waals surface area contributed by atoms with E-state index in [-0.39, 0.29) is 5.82 Å². The minimum atomic E-state index is -0.195. The van der Waals surface area contributed by atoms with Gasteiger partial charge in [-0.3, -0.25) is 0 Å². The molecule has 0 aliphatic carbocycles. The first-order valence-electron chi connectivity index (χ1n) is 4.99. The van der Waals surface area contributed by atoms with E-state index in [2.05, 4.69) is 4.98 Å². The predicted molar refractivity (Wildman–Crippen MR) is 66.6 cm³/mol. The molecule has 84 valence electrons. The van der Waals surface area contributed by atoms with Gasteiger partial charge in [0.1, 0.15) is 5.82 Å². The zero-order valence-corrected chi connectivity index (χ0v) is 10.3. The van der Waals surface area contributed by atoms with Gasteiger partial charge in [0.05, 0.1) is 10.6 Å². The van der Waals surface area contributed by atoms with Gasteiger partial charge in [0.25, 0.3) is 0 Å². The molecule has 0 unspecified atom stereocenters. The van der Waals surface area contributed by atoms with Gasteiger partial charge in [-0.1, -0.05) is 29.5 Å². The van der Waals surface area contributed by atoms with Gasteiger partial charge >= 0.3 is 0 Å². The first-order chi connectivity index (χ1) is 7.59. The minimum absolute atomic E-state index is 0.195. The normalized spacial score (nSPS) is 10.5. The summed E-state index contributed by atoms with van der Waals surface area (Å²) in [6, 6.07) is 6.80. The number of rotatable bonds is 2. The SMILES string of the molecule is Cc1nc(N(C)C)sc1-c1ccccc1F. The van der Waals surface area contributed by atoms with Crippen LogP contribution in [0.1, 0.15) is 5.69 Å². The smallest absolute Gasteiger partial charge is 0.185 e. The zero-order valence-electron chi connectivity index (χ0n) is 9.49. The highest BCUT2D eigenvalue weighted by Gasteiger charge is 2.13. The lowest BCUT2D eigenvalue weighted by atomic mass is 10.1. The molecule has 0 spiro atoms. The van der Waals surface area contributed by atoms with Crippen LogP contribution in [-0.4, -0.2) is 19.1 Å². The third-order valence-corrected chi connectivity index (χ3v) is 3.64. The molecule has 16 heavy (non-hydrogen) atoms. The molecule has 1 aromatic carbocycles. The lowest BCUT2D eigenvalue weighted by Crippen LogP contribution is -2.07. The summed E-state index contributed by atoms with van der Waals surface area (Å²) in [5.74, 6) is -0.195. The van der Waals surface area contributed by atoms with Crippen LogP contribution < -0.4 is 4.90 Å². The van der Waals surface area contributed by atoms with Gasteiger partial charge in [0, 0.05) is 19.7 Å². The van der Waals surface area contributed by atoms with Gasteiger partial charge in [0.15, 0.2) is 5.13 Å². The molecule has 1 aromatic heterocycles. The van der Waals surface area contributed by atoms with Gasteiger partial charge < -0.3 is 4.90 Å². The molecule has 0 aliphatic rings. The number of hydrogen-bond donors (Lipinski definition) is 0. The van der Waals surface area contributed by atoms with E-state index in [1.165, 1.54) is 17.4 Å². The summed E-state index contributed by atoms with van der Waals surface area (Å²) in [5, 5.41) is 0.899. The number of hydrogen-bond acceptors (Lipinski definition) is 3. The molecule has 0 amide bonds. The summed E-state index contributed by atoms with van der Waals surface area (Å²) in [6.45, 7) is 1.91. The Kier molecular flexibility index (Phi) is 2.92. The first-order valence-corrected chi connectivity index (χ1v) is 5.81.